The molecule has 0 amide bonds. The van der Waals surface area contributed by atoms with E-state index >= 15 is 0 Å². The highest BCUT2D eigenvalue weighted by atomic mass is 35.5. The summed E-state index contributed by atoms with van der Waals surface area (Å²) in [6, 6.07) is 5.15. The molecule has 21 heavy (non-hydrogen) atoms. The normalized spacial score (nSPS) is 19.6. The number of ether oxygens (including phenoxy) is 1. The van der Waals surface area contributed by atoms with Gasteiger partial charge in [-0.2, -0.15) is 0 Å². The van der Waals surface area contributed by atoms with Crippen molar-refractivity contribution in [2.75, 3.05) is 7.11 Å². The quantitative estimate of drug-likeness (QED) is 0.635. The van der Waals surface area contributed by atoms with Gasteiger partial charge in [0.2, 0.25) is 0 Å². The Morgan fingerprint density at radius 2 is 1.81 bits per heavy atom. The maximum absolute atomic E-state index is 11.9. The topological polar surface area (TPSA) is 44.8 Å². The first-order valence-electron chi connectivity index (χ1n) is 6.88. The fourth-order valence-corrected chi connectivity index (χ4v) is 2.43. The maximum atomic E-state index is 11.9. The molecule has 0 saturated carbocycles. The molecule has 1 heterocycles. The lowest BCUT2D eigenvalue weighted by atomic mass is 9.79. The van der Waals surface area contributed by atoms with E-state index in [1.807, 2.05) is 27.7 Å². The Morgan fingerprint density at radius 3 is 2.33 bits per heavy atom. The lowest BCUT2D eigenvalue weighted by Crippen LogP contribution is -2.41. The Bertz CT molecular complexity index is 541. The van der Waals surface area contributed by atoms with E-state index in [4.69, 9.17) is 25.6 Å². The van der Waals surface area contributed by atoms with Crippen molar-refractivity contribution < 1.29 is 18.8 Å². The average molecular weight is 311 g/mol. The standard InChI is InChI=1S/C15H20BClO4/c1-14(2)15(3,4)21-16(20-14)9-10-6-7-11(17)8-12(10)13(18)19-5/h6-8H,9H2,1-5H3. The molecular formula is C15H20BClO4. The molecule has 1 fully saturated rings. The molecule has 0 N–H and O–H groups in total. The van der Waals surface area contributed by atoms with E-state index in [-0.39, 0.29) is 0 Å². The Balaban J connectivity index is 2.23. The van der Waals surface area contributed by atoms with Crippen molar-refractivity contribution in [3.63, 3.8) is 0 Å². The van der Waals surface area contributed by atoms with Crippen LogP contribution in [-0.4, -0.2) is 31.4 Å². The van der Waals surface area contributed by atoms with Crippen molar-refractivity contribution in [2.45, 2.75) is 45.2 Å². The van der Waals surface area contributed by atoms with Crippen molar-refractivity contribution in [1.29, 1.82) is 0 Å². The van der Waals surface area contributed by atoms with E-state index < -0.39 is 24.3 Å². The zero-order valence-electron chi connectivity index (χ0n) is 13.0. The average Bonchev–Trinajstić information content (AvgIpc) is 2.58. The van der Waals surface area contributed by atoms with E-state index in [2.05, 4.69) is 0 Å². The van der Waals surface area contributed by atoms with Crippen LogP contribution in [-0.2, 0) is 20.4 Å². The van der Waals surface area contributed by atoms with Crippen molar-refractivity contribution >= 4 is 24.7 Å². The van der Waals surface area contributed by atoms with Gasteiger partial charge in [0.05, 0.1) is 23.9 Å². The Labute approximate surface area is 130 Å². The zero-order chi connectivity index (χ0) is 15.8. The maximum Gasteiger partial charge on any atom is 0.462 e. The van der Waals surface area contributed by atoms with Crippen LogP contribution in [0.5, 0.6) is 0 Å². The first kappa shape index (κ1) is 16.3. The summed E-state index contributed by atoms with van der Waals surface area (Å²) in [4.78, 5) is 11.9. The first-order chi connectivity index (χ1) is 9.66. The molecule has 1 aromatic rings. The van der Waals surface area contributed by atoms with Crippen LogP contribution < -0.4 is 0 Å². The minimum atomic E-state index is -0.413. The number of hydrogen-bond donors (Lipinski definition) is 0. The molecule has 0 aromatic heterocycles. The smallest absolute Gasteiger partial charge is 0.462 e. The summed E-state index contributed by atoms with van der Waals surface area (Å²) < 4.78 is 16.7. The van der Waals surface area contributed by atoms with Crippen LogP contribution in [0.2, 0.25) is 5.02 Å². The van der Waals surface area contributed by atoms with Gasteiger partial charge in [-0.05, 0) is 45.4 Å². The van der Waals surface area contributed by atoms with Crippen LogP contribution in [0.1, 0.15) is 43.6 Å². The van der Waals surface area contributed by atoms with Gasteiger partial charge in [-0.25, -0.2) is 4.79 Å². The number of carbonyl (C=O) groups is 1. The monoisotopic (exact) mass is 310 g/mol. The molecule has 0 aliphatic carbocycles. The second kappa shape index (κ2) is 5.63. The third kappa shape index (κ3) is 3.25. The number of hydrogen-bond acceptors (Lipinski definition) is 4. The van der Waals surface area contributed by atoms with Gasteiger partial charge in [0.25, 0.3) is 0 Å². The van der Waals surface area contributed by atoms with Gasteiger partial charge in [-0.3, -0.25) is 0 Å². The van der Waals surface area contributed by atoms with E-state index in [9.17, 15) is 4.79 Å². The predicted octanol–water partition coefficient (Wildman–Crippen LogP) is 3.30. The van der Waals surface area contributed by atoms with E-state index in [1.54, 1.807) is 18.2 Å². The molecule has 114 valence electrons. The van der Waals surface area contributed by atoms with Gasteiger partial charge in [-0.15, -0.1) is 0 Å². The minimum absolute atomic E-state index is 0.393. The molecule has 0 bridgehead atoms. The molecule has 4 nitrogen and oxygen atoms in total. The first-order valence-corrected chi connectivity index (χ1v) is 7.26. The Kier molecular flexibility index (Phi) is 4.38. The van der Waals surface area contributed by atoms with Crippen molar-refractivity contribution in [3.8, 4) is 0 Å². The predicted molar refractivity (Wildman–Crippen MR) is 82.6 cm³/mol. The van der Waals surface area contributed by atoms with Crippen LogP contribution >= 0.6 is 11.6 Å². The summed E-state index contributed by atoms with van der Waals surface area (Å²) in [5, 5.41) is 0.494. The summed E-state index contributed by atoms with van der Waals surface area (Å²) in [5.74, 6) is -0.413. The van der Waals surface area contributed by atoms with E-state index in [0.29, 0.717) is 16.9 Å². The van der Waals surface area contributed by atoms with E-state index in [1.165, 1.54) is 7.11 Å². The Hall–Kier alpha value is -1.04. The highest BCUT2D eigenvalue weighted by Gasteiger charge is 2.50. The molecule has 0 spiro atoms. The molecule has 0 atom stereocenters. The highest BCUT2D eigenvalue weighted by Crippen LogP contribution is 2.37. The summed E-state index contributed by atoms with van der Waals surface area (Å²) in [6.07, 6.45) is 0.467. The van der Waals surface area contributed by atoms with Crippen LogP contribution in [0.4, 0.5) is 0 Å². The second-order valence-electron chi connectivity index (χ2n) is 6.18. The lowest BCUT2D eigenvalue weighted by molar-refractivity contribution is 0.00578. The fourth-order valence-electron chi connectivity index (χ4n) is 2.25. The van der Waals surface area contributed by atoms with Crippen LogP contribution in [0.15, 0.2) is 18.2 Å². The molecule has 1 aromatic carbocycles. The molecule has 1 aliphatic heterocycles. The van der Waals surface area contributed by atoms with E-state index in [0.717, 1.165) is 5.56 Å². The molecule has 0 unspecified atom stereocenters. The molecule has 0 radical (unpaired) electrons. The third-order valence-electron chi connectivity index (χ3n) is 4.17. The number of methoxy groups -OCH3 is 1. The van der Waals surface area contributed by atoms with Crippen LogP contribution in [0.25, 0.3) is 0 Å². The largest absolute Gasteiger partial charge is 0.465 e. The van der Waals surface area contributed by atoms with Gasteiger partial charge in [0.1, 0.15) is 0 Å². The molecule has 2 rings (SSSR count). The van der Waals surface area contributed by atoms with Crippen molar-refractivity contribution in [1.82, 2.24) is 0 Å². The van der Waals surface area contributed by atoms with Crippen molar-refractivity contribution in [3.05, 3.63) is 34.3 Å². The minimum Gasteiger partial charge on any atom is -0.465 e. The molecule has 1 saturated heterocycles. The summed E-state index contributed by atoms with van der Waals surface area (Å²) in [7, 11) is 0.946. The van der Waals surface area contributed by atoms with Crippen LogP contribution in [0, 0.1) is 0 Å². The lowest BCUT2D eigenvalue weighted by Gasteiger charge is -2.32. The SMILES string of the molecule is COC(=O)c1cc(Cl)ccc1CB1OC(C)(C)C(C)(C)O1. The third-order valence-corrected chi connectivity index (χ3v) is 4.40. The summed E-state index contributed by atoms with van der Waals surface area (Å²) in [6.45, 7) is 7.98. The van der Waals surface area contributed by atoms with Crippen LogP contribution in [0.3, 0.4) is 0 Å². The molecule has 1 aliphatic rings. The summed E-state index contributed by atoms with van der Waals surface area (Å²) in [5.41, 5.74) is 0.454. The number of rotatable bonds is 3. The fraction of sp³-hybridized carbons (Fsp3) is 0.533. The molecular weight excluding hydrogens is 290 g/mol. The summed E-state index contributed by atoms with van der Waals surface area (Å²) >= 11 is 5.95. The number of carbonyl (C=O) groups excluding carboxylic acids is 1. The Morgan fingerprint density at radius 1 is 1.24 bits per heavy atom. The van der Waals surface area contributed by atoms with Crippen molar-refractivity contribution in [2.24, 2.45) is 0 Å². The van der Waals surface area contributed by atoms with Gasteiger partial charge >= 0.3 is 13.1 Å². The molecule has 6 heteroatoms. The number of halogens is 1. The highest BCUT2D eigenvalue weighted by molar-refractivity contribution is 6.45. The zero-order valence-corrected chi connectivity index (χ0v) is 13.8. The van der Waals surface area contributed by atoms with Gasteiger partial charge in [-0.1, -0.05) is 17.7 Å². The van der Waals surface area contributed by atoms with Gasteiger partial charge in [0.15, 0.2) is 0 Å². The second-order valence-corrected chi connectivity index (χ2v) is 6.62. The van der Waals surface area contributed by atoms with Gasteiger partial charge in [0, 0.05) is 11.3 Å². The number of benzene rings is 1. The number of esters is 1. The van der Waals surface area contributed by atoms with Gasteiger partial charge < -0.3 is 14.0 Å².